The second-order valence-corrected chi connectivity index (χ2v) is 11.2. The number of furan rings is 1. The average molecular weight is 561 g/mol. The van der Waals surface area contributed by atoms with Gasteiger partial charge in [-0.15, -0.1) is 0 Å². The number of carbonyl (C=O) groups is 1. The summed E-state index contributed by atoms with van der Waals surface area (Å²) >= 11 is 7.32. The van der Waals surface area contributed by atoms with Crippen molar-refractivity contribution in [3.05, 3.63) is 82.8 Å². The lowest BCUT2D eigenvalue weighted by Gasteiger charge is -2.25. The maximum Gasteiger partial charge on any atom is 0.417 e. The van der Waals surface area contributed by atoms with Gasteiger partial charge in [-0.2, -0.15) is 24.9 Å². The predicted molar refractivity (Wildman–Crippen MR) is 135 cm³/mol. The minimum atomic E-state index is -4.80. The van der Waals surface area contributed by atoms with Crippen LogP contribution in [0.15, 0.2) is 70.2 Å². The van der Waals surface area contributed by atoms with Crippen molar-refractivity contribution in [2.75, 3.05) is 23.1 Å². The highest BCUT2D eigenvalue weighted by Gasteiger charge is 2.35. The summed E-state index contributed by atoms with van der Waals surface area (Å²) < 4.78 is 73.0. The molecule has 1 aromatic heterocycles. The molecule has 1 amide bonds. The molecule has 1 N–H and O–H groups in total. The van der Waals surface area contributed by atoms with E-state index in [0.717, 1.165) is 29.2 Å². The molecule has 0 aliphatic rings. The van der Waals surface area contributed by atoms with Crippen LogP contribution in [0, 0.1) is 6.92 Å². The van der Waals surface area contributed by atoms with E-state index in [9.17, 15) is 26.4 Å². The number of hydrogen-bond donors (Lipinski definition) is 1. The highest BCUT2D eigenvalue weighted by molar-refractivity contribution is 7.98. The Bertz CT molecular complexity index is 1270. The Morgan fingerprint density at radius 2 is 1.86 bits per heavy atom. The van der Waals surface area contributed by atoms with Gasteiger partial charge in [0.2, 0.25) is 5.91 Å². The molecule has 0 aliphatic heterocycles. The van der Waals surface area contributed by atoms with Crippen molar-refractivity contribution in [1.82, 2.24) is 5.32 Å². The van der Waals surface area contributed by atoms with Crippen LogP contribution < -0.4 is 9.62 Å². The molecule has 0 radical (unpaired) electrons. The van der Waals surface area contributed by atoms with E-state index >= 15 is 0 Å². The summed E-state index contributed by atoms with van der Waals surface area (Å²) in [5.41, 5.74) is -0.717. The zero-order chi connectivity index (χ0) is 26.3. The fraction of sp³-hybridized carbons (Fsp3) is 0.292. The Kier molecular flexibility index (Phi) is 9.37. The molecule has 6 nitrogen and oxygen atoms in total. The Morgan fingerprint density at radius 3 is 2.50 bits per heavy atom. The van der Waals surface area contributed by atoms with Crippen LogP contribution in [0.5, 0.6) is 0 Å². The third-order valence-electron chi connectivity index (χ3n) is 5.05. The van der Waals surface area contributed by atoms with Crippen LogP contribution >= 0.6 is 23.4 Å². The molecule has 0 fully saturated rings. The van der Waals surface area contributed by atoms with E-state index in [0.29, 0.717) is 22.5 Å². The number of rotatable bonds is 11. The first-order valence-corrected chi connectivity index (χ1v) is 13.8. The molecular weight excluding hydrogens is 537 g/mol. The molecular formula is C24H24ClF3N2O4S2. The van der Waals surface area contributed by atoms with E-state index in [2.05, 4.69) is 5.32 Å². The number of halogens is 4. The first kappa shape index (κ1) is 27.9. The Balaban J connectivity index is 1.75. The molecule has 36 heavy (non-hydrogen) atoms. The predicted octanol–water partition coefficient (Wildman–Crippen LogP) is 5.90. The summed E-state index contributed by atoms with van der Waals surface area (Å²) in [5.74, 6) is 1.59. The Morgan fingerprint density at radius 1 is 1.14 bits per heavy atom. The smallest absolute Gasteiger partial charge is 0.417 e. The van der Waals surface area contributed by atoms with E-state index in [1.165, 1.54) is 12.1 Å². The molecule has 2 aromatic carbocycles. The molecule has 3 rings (SSSR count). The van der Waals surface area contributed by atoms with Gasteiger partial charge < -0.3 is 9.73 Å². The van der Waals surface area contributed by atoms with E-state index in [1.54, 1.807) is 43.1 Å². The maximum atomic E-state index is 13.4. The highest BCUT2D eigenvalue weighted by Crippen LogP contribution is 2.38. The fourth-order valence-electron chi connectivity index (χ4n) is 3.19. The summed E-state index contributed by atoms with van der Waals surface area (Å²) in [7, 11) is -4.36. The largest absolute Gasteiger partial charge is 0.468 e. The van der Waals surface area contributed by atoms with Gasteiger partial charge in [-0.05, 0) is 61.6 Å². The van der Waals surface area contributed by atoms with Gasteiger partial charge in [0.1, 0.15) is 12.3 Å². The Labute approximate surface area is 216 Å². The standard InChI is InChI=1S/C24H24ClF3N2O4S2/c1-17-5-8-20(9-6-17)36(32,33)30(18-7-10-22(25)21(14-18)24(26,27)28)15-23(31)29-11-3-13-35-16-19-4-2-12-34-19/h2,4-10,12,14H,3,11,13,15-16H2,1H3,(H,29,31). The third-order valence-corrected chi connectivity index (χ3v) is 8.24. The summed E-state index contributed by atoms with van der Waals surface area (Å²) in [4.78, 5) is 12.5. The van der Waals surface area contributed by atoms with Crippen molar-refractivity contribution in [2.45, 2.75) is 30.2 Å². The number of alkyl halides is 3. The van der Waals surface area contributed by atoms with Crippen LogP contribution in [0.3, 0.4) is 0 Å². The molecule has 194 valence electrons. The first-order valence-electron chi connectivity index (χ1n) is 10.8. The molecule has 0 atom stereocenters. The summed E-state index contributed by atoms with van der Waals surface area (Å²) in [6.07, 6.45) is -2.60. The summed E-state index contributed by atoms with van der Waals surface area (Å²) in [5, 5.41) is 2.06. The second-order valence-electron chi connectivity index (χ2n) is 7.82. The zero-order valence-corrected chi connectivity index (χ0v) is 21.6. The lowest BCUT2D eigenvalue weighted by atomic mass is 10.2. The zero-order valence-electron chi connectivity index (χ0n) is 19.2. The molecule has 0 aliphatic carbocycles. The van der Waals surface area contributed by atoms with Crippen molar-refractivity contribution in [3.8, 4) is 0 Å². The minimum absolute atomic E-state index is 0.154. The number of nitrogens with one attached hydrogen (secondary N) is 1. The van der Waals surface area contributed by atoms with Crippen LogP contribution in [0.2, 0.25) is 5.02 Å². The third kappa shape index (κ3) is 7.44. The second kappa shape index (κ2) is 12.1. The van der Waals surface area contributed by atoms with Gasteiger partial charge >= 0.3 is 6.18 Å². The number of aryl methyl sites for hydroxylation is 1. The quantitative estimate of drug-likeness (QED) is 0.296. The van der Waals surface area contributed by atoms with Crippen LogP contribution in [0.1, 0.15) is 23.3 Å². The normalized spacial score (nSPS) is 11.9. The molecule has 0 bridgehead atoms. The maximum absolute atomic E-state index is 13.4. The molecule has 1 heterocycles. The van der Waals surface area contributed by atoms with Gasteiger partial charge in [0, 0.05) is 6.54 Å². The van der Waals surface area contributed by atoms with Gasteiger partial charge in [-0.25, -0.2) is 8.42 Å². The van der Waals surface area contributed by atoms with Crippen LogP contribution in [0.25, 0.3) is 0 Å². The monoisotopic (exact) mass is 560 g/mol. The van der Waals surface area contributed by atoms with E-state index < -0.39 is 39.2 Å². The number of nitrogens with zero attached hydrogens (tertiary/aromatic N) is 1. The van der Waals surface area contributed by atoms with Crippen molar-refractivity contribution in [2.24, 2.45) is 0 Å². The molecule has 0 saturated heterocycles. The van der Waals surface area contributed by atoms with Gasteiger partial charge in [-0.1, -0.05) is 29.3 Å². The number of sulfonamides is 1. The molecule has 0 spiro atoms. The van der Waals surface area contributed by atoms with Crippen molar-refractivity contribution < 1.29 is 30.8 Å². The lowest BCUT2D eigenvalue weighted by Crippen LogP contribution is -2.41. The summed E-state index contributed by atoms with van der Waals surface area (Å²) in [6.45, 7) is 1.34. The van der Waals surface area contributed by atoms with Crippen molar-refractivity contribution >= 4 is 45.0 Å². The summed E-state index contributed by atoms with van der Waals surface area (Å²) in [6, 6.07) is 12.2. The fourth-order valence-corrected chi connectivity index (χ4v) is 5.69. The molecule has 3 aromatic rings. The SMILES string of the molecule is Cc1ccc(S(=O)(=O)N(CC(=O)NCCCSCc2ccco2)c2ccc(Cl)c(C(F)(F)F)c2)cc1. The van der Waals surface area contributed by atoms with E-state index in [1.807, 2.05) is 6.07 Å². The molecule has 0 saturated carbocycles. The number of anilines is 1. The lowest BCUT2D eigenvalue weighted by molar-refractivity contribution is -0.137. The van der Waals surface area contributed by atoms with Crippen molar-refractivity contribution in [3.63, 3.8) is 0 Å². The van der Waals surface area contributed by atoms with E-state index in [4.69, 9.17) is 16.0 Å². The van der Waals surface area contributed by atoms with Crippen LogP contribution in [0.4, 0.5) is 18.9 Å². The number of benzene rings is 2. The number of carbonyl (C=O) groups excluding carboxylic acids is 1. The van der Waals surface area contributed by atoms with Crippen LogP contribution in [-0.2, 0) is 26.7 Å². The topological polar surface area (TPSA) is 79.6 Å². The number of hydrogen-bond acceptors (Lipinski definition) is 5. The van der Waals surface area contributed by atoms with Gasteiger partial charge in [0.05, 0.1) is 33.2 Å². The molecule has 0 unspecified atom stereocenters. The van der Waals surface area contributed by atoms with Gasteiger partial charge in [-0.3, -0.25) is 9.10 Å². The minimum Gasteiger partial charge on any atom is -0.468 e. The molecule has 12 heteroatoms. The number of thioether (sulfide) groups is 1. The number of amides is 1. The average Bonchev–Trinajstić information content (AvgIpc) is 3.33. The van der Waals surface area contributed by atoms with Crippen molar-refractivity contribution in [1.29, 1.82) is 0 Å². The van der Waals surface area contributed by atoms with Gasteiger partial charge in [0.25, 0.3) is 10.0 Å². The highest BCUT2D eigenvalue weighted by atomic mass is 35.5. The Hall–Kier alpha value is -2.63. The van der Waals surface area contributed by atoms with Gasteiger partial charge in [0.15, 0.2) is 0 Å². The van der Waals surface area contributed by atoms with E-state index in [-0.39, 0.29) is 17.1 Å². The van der Waals surface area contributed by atoms with Crippen LogP contribution in [-0.4, -0.2) is 33.2 Å². The first-order chi connectivity index (χ1) is 17.0.